The lowest BCUT2D eigenvalue weighted by molar-refractivity contribution is -0.160. The maximum atomic E-state index is 12.4. The van der Waals surface area contributed by atoms with E-state index in [1.165, 1.54) is 36.5 Å². The highest BCUT2D eigenvalue weighted by molar-refractivity contribution is 7.90. The fourth-order valence-electron chi connectivity index (χ4n) is 5.36. The van der Waals surface area contributed by atoms with Crippen molar-refractivity contribution in [2.45, 2.75) is 28.1 Å². The average Bonchev–Trinajstić information content (AvgIpc) is 3.16. The van der Waals surface area contributed by atoms with Crippen molar-refractivity contribution in [3.8, 4) is 5.75 Å². The van der Waals surface area contributed by atoms with E-state index in [9.17, 15) is 28.5 Å². The summed E-state index contributed by atoms with van der Waals surface area (Å²) in [5, 5.41) is 33.9. The van der Waals surface area contributed by atoms with Crippen molar-refractivity contribution in [2.24, 2.45) is 5.92 Å². The molecular weight excluding hydrogens is 482 g/mol. The molecule has 10 heteroatoms. The number of sulfone groups is 1. The number of carboxylic acids is 1. The van der Waals surface area contributed by atoms with Gasteiger partial charge < -0.3 is 20.1 Å². The molecule has 3 aromatic rings. The summed E-state index contributed by atoms with van der Waals surface area (Å²) in [6.45, 7) is 0. The Hall–Kier alpha value is -2.98. The largest absolute Gasteiger partial charge is 0.481 e. The number of aromatic nitrogens is 1. The van der Waals surface area contributed by atoms with Gasteiger partial charge in [0, 0.05) is 24.4 Å². The Labute approximate surface area is 200 Å². The van der Waals surface area contributed by atoms with Crippen LogP contribution in [0.1, 0.15) is 22.7 Å². The van der Waals surface area contributed by atoms with E-state index in [1.807, 2.05) is 0 Å². The SMILES string of the molecule is CS(=O)(=O)c1ccc(C23Oc4cc(Cl)cnc4C2(O)C(O)C(C(=O)O)C3c2ccccc2)cc1. The zero-order valence-corrected chi connectivity index (χ0v) is 19.4. The Balaban J connectivity index is 1.85. The lowest BCUT2D eigenvalue weighted by Gasteiger charge is -2.40. The molecule has 5 rings (SSSR count). The van der Waals surface area contributed by atoms with Crippen molar-refractivity contribution in [3.63, 3.8) is 0 Å². The number of nitrogens with zero attached hydrogens (tertiary/aromatic N) is 1. The lowest BCUT2D eigenvalue weighted by Crippen LogP contribution is -2.52. The van der Waals surface area contributed by atoms with Crippen LogP contribution in [0.3, 0.4) is 0 Å². The quantitative estimate of drug-likeness (QED) is 0.496. The van der Waals surface area contributed by atoms with E-state index in [1.54, 1.807) is 30.3 Å². The van der Waals surface area contributed by atoms with Crippen LogP contribution in [0.5, 0.6) is 5.75 Å². The summed E-state index contributed by atoms with van der Waals surface area (Å²) in [6.07, 6.45) is 0.541. The summed E-state index contributed by atoms with van der Waals surface area (Å²) in [4.78, 5) is 16.7. The Morgan fingerprint density at radius 1 is 1.12 bits per heavy atom. The molecule has 2 aromatic carbocycles. The molecule has 1 aliphatic heterocycles. The highest BCUT2D eigenvalue weighted by Crippen LogP contribution is 2.68. The maximum Gasteiger partial charge on any atom is 0.310 e. The van der Waals surface area contributed by atoms with E-state index in [0.29, 0.717) is 5.56 Å². The van der Waals surface area contributed by atoms with Crippen LogP contribution in [-0.4, -0.2) is 47.1 Å². The van der Waals surface area contributed by atoms with Crippen molar-refractivity contribution < 1.29 is 33.3 Å². The van der Waals surface area contributed by atoms with E-state index in [2.05, 4.69) is 4.98 Å². The first-order chi connectivity index (χ1) is 16.0. The smallest absolute Gasteiger partial charge is 0.310 e. The first kappa shape index (κ1) is 22.8. The third kappa shape index (κ3) is 2.94. The number of halogens is 1. The zero-order chi connectivity index (χ0) is 24.5. The number of fused-ring (bicyclic) bond motifs is 3. The van der Waals surface area contributed by atoms with Gasteiger partial charge in [0.1, 0.15) is 17.5 Å². The van der Waals surface area contributed by atoms with Crippen molar-refractivity contribution >= 4 is 27.4 Å². The first-order valence-corrected chi connectivity index (χ1v) is 12.6. The minimum atomic E-state index is -3.52. The predicted molar refractivity (Wildman–Crippen MR) is 121 cm³/mol. The highest BCUT2D eigenvalue weighted by Gasteiger charge is 2.78. The monoisotopic (exact) mass is 501 g/mol. The van der Waals surface area contributed by atoms with Crippen LogP contribution in [0.25, 0.3) is 0 Å². The molecule has 0 amide bonds. The van der Waals surface area contributed by atoms with Gasteiger partial charge in [-0.2, -0.15) is 0 Å². The van der Waals surface area contributed by atoms with Gasteiger partial charge in [-0.15, -0.1) is 0 Å². The summed E-state index contributed by atoms with van der Waals surface area (Å²) in [5.41, 5.74) is -3.36. The summed E-state index contributed by atoms with van der Waals surface area (Å²) in [6, 6.07) is 15.7. The van der Waals surface area contributed by atoms with Gasteiger partial charge in [-0.1, -0.05) is 54.1 Å². The van der Waals surface area contributed by atoms with Crippen molar-refractivity contribution in [1.82, 2.24) is 4.98 Å². The van der Waals surface area contributed by atoms with Crippen LogP contribution in [0.4, 0.5) is 0 Å². The third-order valence-electron chi connectivity index (χ3n) is 6.74. The molecular formula is C24H20ClNO7S. The van der Waals surface area contributed by atoms with E-state index >= 15 is 0 Å². The lowest BCUT2D eigenvalue weighted by atomic mass is 9.71. The molecule has 1 fully saturated rings. The Kier molecular flexibility index (Phi) is 5.04. The van der Waals surface area contributed by atoms with E-state index in [4.69, 9.17) is 16.3 Å². The van der Waals surface area contributed by atoms with Gasteiger partial charge >= 0.3 is 5.97 Å². The van der Waals surface area contributed by atoms with Gasteiger partial charge in [0.25, 0.3) is 0 Å². The normalized spacial score (nSPS) is 29.8. The number of aliphatic hydroxyl groups excluding tert-OH is 1. The molecule has 0 radical (unpaired) electrons. The Morgan fingerprint density at radius 3 is 2.35 bits per heavy atom. The molecule has 1 aromatic heterocycles. The second-order valence-corrected chi connectivity index (χ2v) is 11.1. The van der Waals surface area contributed by atoms with Crippen LogP contribution in [0.2, 0.25) is 5.02 Å². The topological polar surface area (TPSA) is 134 Å². The molecule has 0 spiro atoms. The minimum absolute atomic E-state index is 0.0393. The molecule has 5 unspecified atom stereocenters. The Morgan fingerprint density at radius 2 is 1.76 bits per heavy atom. The van der Waals surface area contributed by atoms with Crippen LogP contribution >= 0.6 is 11.6 Å². The van der Waals surface area contributed by atoms with Gasteiger partial charge in [0.15, 0.2) is 21.0 Å². The molecule has 1 aliphatic carbocycles. The van der Waals surface area contributed by atoms with Crippen molar-refractivity contribution in [1.29, 1.82) is 0 Å². The van der Waals surface area contributed by atoms with E-state index in [-0.39, 0.29) is 26.9 Å². The van der Waals surface area contributed by atoms with Crippen molar-refractivity contribution in [3.05, 3.63) is 88.7 Å². The van der Waals surface area contributed by atoms with Crippen LogP contribution in [0.15, 0.2) is 71.8 Å². The molecule has 1 saturated carbocycles. The molecule has 34 heavy (non-hydrogen) atoms. The summed E-state index contributed by atoms with van der Waals surface area (Å²) in [7, 11) is -3.52. The van der Waals surface area contributed by atoms with Gasteiger partial charge in [0.05, 0.1) is 15.8 Å². The van der Waals surface area contributed by atoms with Gasteiger partial charge in [-0.3, -0.25) is 9.78 Å². The molecule has 2 heterocycles. The van der Waals surface area contributed by atoms with Gasteiger partial charge in [-0.05, 0) is 23.3 Å². The number of carboxylic acid groups (broad SMARTS) is 1. The number of benzene rings is 2. The van der Waals surface area contributed by atoms with E-state index < -0.39 is 44.9 Å². The molecule has 8 nitrogen and oxygen atoms in total. The molecule has 176 valence electrons. The first-order valence-electron chi connectivity index (χ1n) is 10.4. The summed E-state index contributed by atoms with van der Waals surface area (Å²) in [5.74, 6) is -3.75. The summed E-state index contributed by atoms with van der Waals surface area (Å²) < 4.78 is 30.4. The Bertz CT molecular complexity index is 1400. The number of aliphatic carboxylic acids is 1. The molecule has 3 N–H and O–H groups in total. The number of rotatable bonds is 4. The summed E-state index contributed by atoms with van der Waals surface area (Å²) >= 11 is 6.11. The fourth-order valence-corrected chi connectivity index (χ4v) is 6.13. The average molecular weight is 502 g/mol. The zero-order valence-electron chi connectivity index (χ0n) is 17.8. The molecule has 0 bridgehead atoms. The van der Waals surface area contributed by atoms with Crippen LogP contribution in [0, 0.1) is 5.92 Å². The predicted octanol–water partition coefficient (Wildman–Crippen LogP) is 2.47. The van der Waals surface area contributed by atoms with Crippen LogP contribution < -0.4 is 4.74 Å². The molecule has 2 aliphatic rings. The second-order valence-electron chi connectivity index (χ2n) is 8.60. The number of hydrogen-bond donors (Lipinski definition) is 3. The fraction of sp³-hybridized carbons (Fsp3) is 0.250. The van der Waals surface area contributed by atoms with Gasteiger partial charge in [-0.25, -0.2) is 8.42 Å². The number of carbonyl (C=O) groups is 1. The third-order valence-corrected chi connectivity index (χ3v) is 8.07. The number of hydrogen-bond acceptors (Lipinski definition) is 7. The molecule has 0 saturated heterocycles. The van der Waals surface area contributed by atoms with Crippen LogP contribution in [-0.2, 0) is 25.8 Å². The highest BCUT2D eigenvalue weighted by atomic mass is 35.5. The second kappa shape index (κ2) is 7.51. The van der Waals surface area contributed by atoms with Gasteiger partial charge in [0.2, 0.25) is 0 Å². The minimum Gasteiger partial charge on any atom is -0.481 e. The van der Waals surface area contributed by atoms with E-state index in [0.717, 1.165) is 6.26 Å². The standard InChI is InChI=1S/C24H20ClNO7S/c1-34(31,32)16-9-7-14(8-10-16)24-19(13-5-3-2-4-6-13)18(22(28)29)21(27)23(24,30)20-17(33-24)11-15(25)12-26-20/h2-12,18-19,21,27,30H,1H3,(H,28,29). The number of aliphatic hydroxyl groups is 2. The maximum absolute atomic E-state index is 12.4. The number of ether oxygens (including phenoxy) is 1. The van der Waals surface area contributed by atoms with Crippen molar-refractivity contribution in [2.75, 3.05) is 6.26 Å². The molecule has 5 atom stereocenters. The number of pyridine rings is 1.